The van der Waals surface area contributed by atoms with Crippen LogP contribution in [-0.2, 0) is 11.2 Å². The smallest absolute Gasteiger partial charge is 0.255 e. The molecular formula is C15H14ClN3O2. The fourth-order valence-electron chi connectivity index (χ4n) is 1.85. The minimum Gasteiger partial charge on any atom is -0.399 e. The second kappa shape index (κ2) is 6.28. The summed E-state index contributed by atoms with van der Waals surface area (Å²) >= 11 is 5.86. The first-order valence-electron chi connectivity index (χ1n) is 6.19. The number of amides is 2. The molecular weight excluding hydrogens is 290 g/mol. The van der Waals surface area contributed by atoms with E-state index in [9.17, 15) is 9.59 Å². The van der Waals surface area contributed by atoms with Gasteiger partial charge < -0.3 is 16.8 Å². The molecule has 0 atom stereocenters. The van der Waals surface area contributed by atoms with E-state index in [1.807, 2.05) is 0 Å². The predicted octanol–water partition coefficient (Wildman–Crippen LogP) is 2.20. The Morgan fingerprint density at radius 1 is 1.10 bits per heavy atom. The molecule has 0 aliphatic rings. The standard InChI is InChI=1S/C15H14ClN3O2/c16-11-6-10(7-12(17)8-11)15(21)19-13-3-1-9(2-4-13)5-14(18)20/h1-4,6-8H,5,17H2,(H2,18,20)(H,19,21). The van der Waals surface area contributed by atoms with E-state index in [-0.39, 0.29) is 12.3 Å². The molecule has 2 aromatic carbocycles. The van der Waals surface area contributed by atoms with Crippen molar-refractivity contribution in [2.75, 3.05) is 11.1 Å². The quantitative estimate of drug-likeness (QED) is 0.755. The number of anilines is 2. The number of nitrogens with one attached hydrogen (secondary N) is 1. The third-order valence-corrected chi connectivity index (χ3v) is 2.99. The summed E-state index contributed by atoms with van der Waals surface area (Å²) in [5.41, 5.74) is 12.9. The highest BCUT2D eigenvalue weighted by molar-refractivity contribution is 6.31. The maximum atomic E-state index is 12.1. The molecule has 0 aliphatic carbocycles. The van der Waals surface area contributed by atoms with Gasteiger partial charge in [-0.2, -0.15) is 0 Å². The van der Waals surface area contributed by atoms with E-state index in [1.165, 1.54) is 6.07 Å². The van der Waals surface area contributed by atoms with Gasteiger partial charge in [-0.25, -0.2) is 0 Å². The van der Waals surface area contributed by atoms with Gasteiger partial charge in [-0.1, -0.05) is 23.7 Å². The molecule has 5 N–H and O–H groups in total. The van der Waals surface area contributed by atoms with E-state index in [4.69, 9.17) is 23.1 Å². The van der Waals surface area contributed by atoms with E-state index in [0.29, 0.717) is 22.0 Å². The molecule has 5 nitrogen and oxygen atoms in total. The van der Waals surface area contributed by atoms with Gasteiger partial charge in [0.05, 0.1) is 6.42 Å². The average molecular weight is 304 g/mol. The summed E-state index contributed by atoms with van der Waals surface area (Å²) in [4.78, 5) is 22.9. The third-order valence-electron chi connectivity index (χ3n) is 2.77. The first-order valence-corrected chi connectivity index (χ1v) is 6.56. The first kappa shape index (κ1) is 14.9. The van der Waals surface area contributed by atoms with Gasteiger partial charge in [0.2, 0.25) is 5.91 Å². The molecule has 0 saturated carbocycles. The lowest BCUT2D eigenvalue weighted by molar-refractivity contribution is -0.117. The first-order chi connectivity index (χ1) is 9.94. The van der Waals surface area contributed by atoms with Crippen LogP contribution in [0.2, 0.25) is 5.02 Å². The molecule has 108 valence electrons. The molecule has 0 saturated heterocycles. The molecule has 21 heavy (non-hydrogen) atoms. The van der Waals surface area contributed by atoms with Crippen LogP contribution in [0.25, 0.3) is 0 Å². The van der Waals surface area contributed by atoms with Gasteiger partial charge in [-0.3, -0.25) is 9.59 Å². The van der Waals surface area contributed by atoms with Crippen molar-refractivity contribution in [1.82, 2.24) is 0 Å². The van der Waals surface area contributed by atoms with E-state index in [1.54, 1.807) is 36.4 Å². The highest BCUT2D eigenvalue weighted by atomic mass is 35.5. The number of halogens is 1. The Morgan fingerprint density at radius 3 is 2.33 bits per heavy atom. The van der Waals surface area contributed by atoms with Crippen molar-refractivity contribution in [2.45, 2.75) is 6.42 Å². The summed E-state index contributed by atoms with van der Waals surface area (Å²) in [5, 5.41) is 3.12. The molecule has 0 heterocycles. The van der Waals surface area contributed by atoms with Crippen molar-refractivity contribution in [1.29, 1.82) is 0 Å². The fourth-order valence-corrected chi connectivity index (χ4v) is 2.10. The SMILES string of the molecule is NC(=O)Cc1ccc(NC(=O)c2cc(N)cc(Cl)c2)cc1. The molecule has 2 amide bonds. The van der Waals surface area contributed by atoms with Crippen LogP contribution >= 0.6 is 11.6 Å². The van der Waals surface area contributed by atoms with Crippen molar-refractivity contribution in [2.24, 2.45) is 5.73 Å². The molecule has 0 aliphatic heterocycles. The topological polar surface area (TPSA) is 98.2 Å². The lowest BCUT2D eigenvalue weighted by Crippen LogP contribution is -2.14. The van der Waals surface area contributed by atoms with Crippen molar-refractivity contribution in [3.8, 4) is 0 Å². The summed E-state index contributed by atoms with van der Waals surface area (Å²) in [6.45, 7) is 0. The number of primary amides is 1. The zero-order valence-corrected chi connectivity index (χ0v) is 11.9. The van der Waals surface area contributed by atoms with Gasteiger partial charge in [0, 0.05) is 22.0 Å². The molecule has 0 fully saturated rings. The summed E-state index contributed by atoms with van der Waals surface area (Å²) in [6.07, 6.45) is 0.166. The molecule has 0 bridgehead atoms. The van der Waals surface area contributed by atoms with Crippen molar-refractivity contribution in [3.05, 3.63) is 58.6 Å². The van der Waals surface area contributed by atoms with Gasteiger partial charge in [0.1, 0.15) is 0 Å². The number of carbonyl (C=O) groups excluding carboxylic acids is 2. The van der Waals surface area contributed by atoms with Crippen LogP contribution in [0.5, 0.6) is 0 Å². The van der Waals surface area contributed by atoms with Crippen molar-refractivity contribution >= 4 is 34.8 Å². The highest BCUT2D eigenvalue weighted by Crippen LogP contribution is 2.18. The Balaban J connectivity index is 2.10. The zero-order valence-electron chi connectivity index (χ0n) is 11.1. The van der Waals surface area contributed by atoms with E-state index >= 15 is 0 Å². The Hall–Kier alpha value is -2.53. The Labute approximate surface area is 126 Å². The molecule has 0 spiro atoms. The monoisotopic (exact) mass is 303 g/mol. The summed E-state index contributed by atoms with van der Waals surface area (Å²) in [5.74, 6) is -0.715. The zero-order chi connectivity index (χ0) is 15.4. The second-order valence-corrected chi connectivity index (χ2v) is 5.00. The second-order valence-electron chi connectivity index (χ2n) is 4.57. The van der Waals surface area contributed by atoms with Crippen molar-refractivity contribution in [3.63, 3.8) is 0 Å². The Kier molecular flexibility index (Phi) is 4.45. The largest absolute Gasteiger partial charge is 0.399 e. The number of hydrogen-bond acceptors (Lipinski definition) is 3. The van der Waals surface area contributed by atoms with Crippen LogP contribution in [0.4, 0.5) is 11.4 Å². The molecule has 0 unspecified atom stereocenters. The maximum absolute atomic E-state index is 12.1. The number of rotatable bonds is 4. The number of carbonyl (C=O) groups is 2. The van der Waals surface area contributed by atoms with Gasteiger partial charge in [-0.15, -0.1) is 0 Å². The molecule has 2 aromatic rings. The van der Waals surface area contributed by atoms with Crippen LogP contribution in [0.3, 0.4) is 0 Å². The third kappa shape index (κ3) is 4.22. The minimum atomic E-state index is -0.402. The van der Waals surface area contributed by atoms with Crippen LogP contribution < -0.4 is 16.8 Å². The number of benzene rings is 2. The fraction of sp³-hybridized carbons (Fsp3) is 0.0667. The lowest BCUT2D eigenvalue weighted by atomic mass is 10.1. The van der Waals surface area contributed by atoms with Crippen LogP contribution in [0, 0.1) is 0 Å². The van der Waals surface area contributed by atoms with Gasteiger partial charge in [-0.05, 0) is 35.9 Å². The van der Waals surface area contributed by atoms with Gasteiger partial charge in [0.25, 0.3) is 5.91 Å². The lowest BCUT2D eigenvalue weighted by Gasteiger charge is -2.07. The molecule has 0 radical (unpaired) electrons. The van der Waals surface area contributed by atoms with Crippen molar-refractivity contribution < 1.29 is 9.59 Å². The number of nitrogen functional groups attached to an aromatic ring is 1. The number of hydrogen-bond donors (Lipinski definition) is 3. The molecule has 6 heteroatoms. The van der Waals surface area contributed by atoms with E-state index in [0.717, 1.165) is 5.56 Å². The summed E-state index contributed by atoms with van der Waals surface area (Å²) in [7, 11) is 0. The summed E-state index contributed by atoms with van der Waals surface area (Å²) < 4.78 is 0. The molecule has 0 aromatic heterocycles. The van der Waals surface area contributed by atoms with Crippen LogP contribution in [-0.4, -0.2) is 11.8 Å². The Morgan fingerprint density at radius 2 is 1.76 bits per heavy atom. The molecule has 2 rings (SSSR count). The summed E-state index contributed by atoms with van der Waals surface area (Å²) in [6, 6.07) is 11.5. The van der Waals surface area contributed by atoms with E-state index < -0.39 is 5.91 Å². The number of nitrogens with two attached hydrogens (primary N) is 2. The van der Waals surface area contributed by atoms with Gasteiger partial charge >= 0.3 is 0 Å². The highest BCUT2D eigenvalue weighted by Gasteiger charge is 2.08. The van der Waals surface area contributed by atoms with E-state index in [2.05, 4.69) is 5.32 Å². The van der Waals surface area contributed by atoms with Gasteiger partial charge in [0.15, 0.2) is 0 Å². The predicted molar refractivity (Wildman–Crippen MR) is 83.2 cm³/mol. The van der Waals surface area contributed by atoms with Crippen LogP contribution in [0.15, 0.2) is 42.5 Å². The minimum absolute atomic E-state index is 0.166. The normalized spacial score (nSPS) is 10.1. The van der Waals surface area contributed by atoms with Crippen LogP contribution in [0.1, 0.15) is 15.9 Å². The average Bonchev–Trinajstić information content (AvgIpc) is 2.39. The Bertz CT molecular complexity index is 664. The maximum Gasteiger partial charge on any atom is 0.255 e.